The van der Waals surface area contributed by atoms with E-state index in [1.165, 1.54) is 6.07 Å². The number of hydrogen-bond acceptors (Lipinski definition) is 5. The number of likely N-dealkylation sites (tertiary alicyclic amines) is 1. The second-order valence-electron chi connectivity index (χ2n) is 5.51. The number of ether oxygens (including phenoxy) is 1. The minimum atomic E-state index is -4.39. The lowest BCUT2D eigenvalue weighted by Gasteiger charge is -2.15. The zero-order valence-corrected chi connectivity index (χ0v) is 12.5. The number of oxazole rings is 1. The number of rotatable bonds is 4. The molecule has 0 unspecified atom stereocenters. The molecule has 23 heavy (non-hydrogen) atoms. The van der Waals surface area contributed by atoms with Crippen LogP contribution in [-0.4, -0.2) is 34.1 Å². The fourth-order valence-electron chi connectivity index (χ4n) is 2.49. The van der Waals surface area contributed by atoms with Gasteiger partial charge >= 0.3 is 6.18 Å². The second-order valence-corrected chi connectivity index (χ2v) is 5.51. The Bertz CT molecular complexity index is 655. The van der Waals surface area contributed by atoms with E-state index >= 15 is 0 Å². The Labute approximate surface area is 131 Å². The summed E-state index contributed by atoms with van der Waals surface area (Å²) in [5.41, 5.74) is -0.780. The summed E-state index contributed by atoms with van der Waals surface area (Å²) in [6.45, 7) is 3.90. The van der Waals surface area contributed by atoms with Crippen molar-refractivity contribution < 1.29 is 22.3 Å². The number of hydrogen-bond donors (Lipinski definition) is 0. The molecule has 1 fully saturated rings. The van der Waals surface area contributed by atoms with Crippen LogP contribution in [0.5, 0.6) is 5.88 Å². The molecule has 8 heteroatoms. The molecule has 0 aliphatic carbocycles. The molecule has 3 rings (SSSR count). The maximum atomic E-state index is 12.5. The molecule has 124 valence electrons. The van der Waals surface area contributed by atoms with Gasteiger partial charge in [0.05, 0.1) is 18.3 Å². The molecule has 1 aliphatic rings. The van der Waals surface area contributed by atoms with Gasteiger partial charge in [0.1, 0.15) is 11.9 Å². The number of aromatic nitrogens is 2. The molecule has 0 N–H and O–H groups in total. The van der Waals surface area contributed by atoms with Crippen molar-refractivity contribution >= 4 is 0 Å². The lowest BCUT2D eigenvalue weighted by atomic mass is 10.3. The third-order valence-corrected chi connectivity index (χ3v) is 3.61. The molecular formula is C15H16F3N3O2. The van der Waals surface area contributed by atoms with Gasteiger partial charge in [-0.2, -0.15) is 13.2 Å². The molecule has 0 aromatic carbocycles. The zero-order chi connectivity index (χ0) is 16.4. The third kappa shape index (κ3) is 4.01. The Kier molecular flexibility index (Phi) is 4.25. The summed E-state index contributed by atoms with van der Waals surface area (Å²) in [4.78, 5) is 10.0. The van der Waals surface area contributed by atoms with Gasteiger partial charge in [0.15, 0.2) is 0 Å². The van der Waals surface area contributed by atoms with E-state index in [4.69, 9.17) is 9.15 Å². The van der Waals surface area contributed by atoms with E-state index in [9.17, 15) is 13.2 Å². The average molecular weight is 327 g/mol. The Morgan fingerprint density at radius 1 is 1.30 bits per heavy atom. The van der Waals surface area contributed by atoms with Crippen LogP contribution in [0.25, 0.3) is 0 Å². The average Bonchev–Trinajstić information content (AvgIpc) is 3.08. The highest BCUT2D eigenvalue weighted by molar-refractivity contribution is 5.20. The van der Waals surface area contributed by atoms with Crippen LogP contribution in [0.3, 0.4) is 0 Å². The summed E-state index contributed by atoms with van der Waals surface area (Å²) >= 11 is 0. The van der Waals surface area contributed by atoms with Crippen LogP contribution in [0.2, 0.25) is 0 Å². The van der Waals surface area contributed by atoms with Crippen LogP contribution in [0.15, 0.2) is 28.9 Å². The molecule has 0 bridgehead atoms. The van der Waals surface area contributed by atoms with Gasteiger partial charge in [-0.15, -0.1) is 0 Å². The van der Waals surface area contributed by atoms with Crippen LogP contribution in [0.1, 0.15) is 23.6 Å². The topological polar surface area (TPSA) is 51.4 Å². The van der Waals surface area contributed by atoms with Crippen molar-refractivity contribution in [3.8, 4) is 5.88 Å². The number of alkyl halides is 3. The fourth-order valence-corrected chi connectivity index (χ4v) is 2.49. The van der Waals surface area contributed by atoms with Crippen molar-refractivity contribution in [3.05, 3.63) is 41.7 Å². The van der Waals surface area contributed by atoms with E-state index in [0.717, 1.165) is 31.0 Å². The first-order valence-corrected chi connectivity index (χ1v) is 7.24. The molecule has 0 saturated carbocycles. The van der Waals surface area contributed by atoms with E-state index in [1.807, 2.05) is 6.92 Å². The molecule has 3 heterocycles. The molecule has 0 radical (unpaired) electrons. The molecule has 1 aliphatic heterocycles. The van der Waals surface area contributed by atoms with Crippen LogP contribution < -0.4 is 4.74 Å². The Morgan fingerprint density at radius 2 is 2.13 bits per heavy atom. The zero-order valence-electron chi connectivity index (χ0n) is 12.5. The molecule has 2 aromatic rings. The van der Waals surface area contributed by atoms with Gasteiger partial charge in [-0.25, -0.2) is 9.97 Å². The maximum absolute atomic E-state index is 12.5. The van der Waals surface area contributed by atoms with Gasteiger partial charge < -0.3 is 9.15 Å². The molecule has 2 aromatic heterocycles. The van der Waals surface area contributed by atoms with Crippen LogP contribution in [-0.2, 0) is 12.7 Å². The standard InChI is InChI=1S/C15H16F3N3O2/c1-10-6-19-14(22-10)9-21-5-4-12(8-21)23-13-3-2-11(7-20-13)15(16,17)18/h2-3,6-7,12H,4-5,8-9H2,1H3/t12-/m1/s1. The molecular weight excluding hydrogens is 311 g/mol. The van der Waals surface area contributed by atoms with Gasteiger partial charge in [-0.05, 0) is 19.4 Å². The Morgan fingerprint density at radius 3 is 2.74 bits per heavy atom. The van der Waals surface area contributed by atoms with Crippen molar-refractivity contribution in [3.63, 3.8) is 0 Å². The van der Waals surface area contributed by atoms with E-state index in [1.54, 1.807) is 6.20 Å². The minimum absolute atomic E-state index is 0.102. The molecule has 1 atom stereocenters. The Hall–Kier alpha value is -2.09. The smallest absolute Gasteiger partial charge is 0.417 e. The number of aryl methyl sites for hydroxylation is 1. The fraction of sp³-hybridized carbons (Fsp3) is 0.467. The van der Waals surface area contributed by atoms with Crippen LogP contribution >= 0.6 is 0 Å². The highest BCUT2D eigenvalue weighted by Crippen LogP contribution is 2.29. The first-order valence-electron chi connectivity index (χ1n) is 7.24. The van der Waals surface area contributed by atoms with E-state index in [-0.39, 0.29) is 12.0 Å². The van der Waals surface area contributed by atoms with Crippen LogP contribution in [0, 0.1) is 6.92 Å². The molecule has 0 amide bonds. The third-order valence-electron chi connectivity index (χ3n) is 3.61. The quantitative estimate of drug-likeness (QED) is 0.864. The Balaban J connectivity index is 1.53. The predicted octanol–water partition coefficient (Wildman–Crippen LogP) is 3.05. The number of halogens is 3. The first-order chi connectivity index (χ1) is 10.9. The number of pyridine rings is 1. The molecule has 0 spiro atoms. The first kappa shape index (κ1) is 15.8. The second kappa shape index (κ2) is 6.19. The summed E-state index contributed by atoms with van der Waals surface area (Å²) in [6, 6.07) is 2.23. The van der Waals surface area contributed by atoms with E-state index in [0.29, 0.717) is 19.0 Å². The largest absolute Gasteiger partial charge is 0.473 e. The monoisotopic (exact) mass is 327 g/mol. The van der Waals surface area contributed by atoms with Crippen molar-refractivity contribution in [2.24, 2.45) is 0 Å². The summed E-state index contributed by atoms with van der Waals surface area (Å²) in [5, 5.41) is 0. The van der Waals surface area contributed by atoms with Crippen molar-refractivity contribution in [2.75, 3.05) is 13.1 Å². The predicted molar refractivity (Wildman–Crippen MR) is 74.8 cm³/mol. The van der Waals surface area contributed by atoms with Gasteiger partial charge in [0.25, 0.3) is 0 Å². The lowest BCUT2D eigenvalue weighted by Crippen LogP contribution is -2.25. The highest BCUT2D eigenvalue weighted by Gasteiger charge is 2.31. The van der Waals surface area contributed by atoms with Crippen molar-refractivity contribution in [1.29, 1.82) is 0 Å². The highest BCUT2D eigenvalue weighted by atomic mass is 19.4. The summed E-state index contributed by atoms with van der Waals surface area (Å²) in [7, 11) is 0. The maximum Gasteiger partial charge on any atom is 0.417 e. The van der Waals surface area contributed by atoms with Gasteiger partial charge in [0, 0.05) is 25.4 Å². The molecule has 1 saturated heterocycles. The summed E-state index contributed by atoms with van der Waals surface area (Å²) in [6.07, 6.45) is -1.25. The van der Waals surface area contributed by atoms with Crippen molar-refractivity contribution in [2.45, 2.75) is 32.2 Å². The minimum Gasteiger partial charge on any atom is -0.473 e. The number of nitrogens with zero attached hydrogens (tertiary/aromatic N) is 3. The molecule has 5 nitrogen and oxygen atoms in total. The van der Waals surface area contributed by atoms with Gasteiger partial charge in [-0.3, -0.25) is 4.90 Å². The van der Waals surface area contributed by atoms with Crippen LogP contribution in [0.4, 0.5) is 13.2 Å². The van der Waals surface area contributed by atoms with E-state index in [2.05, 4.69) is 14.9 Å². The SMILES string of the molecule is Cc1cnc(CN2CC[C@@H](Oc3ccc(C(F)(F)F)cn3)C2)o1. The normalized spacial score (nSPS) is 19.2. The summed E-state index contributed by atoms with van der Waals surface area (Å²) in [5.74, 6) is 1.62. The van der Waals surface area contributed by atoms with Crippen molar-refractivity contribution in [1.82, 2.24) is 14.9 Å². The lowest BCUT2D eigenvalue weighted by molar-refractivity contribution is -0.137. The van der Waals surface area contributed by atoms with Gasteiger partial charge in [0.2, 0.25) is 11.8 Å². The summed E-state index contributed by atoms with van der Waals surface area (Å²) < 4.78 is 48.5. The van der Waals surface area contributed by atoms with Gasteiger partial charge in [-0.1, -0.05) is 0 Å². The van der Waals surface area contributed by atoms with E-state index < -0.39 is 11.7 Å².